The molecule has 2 amide bonds. The van der Waals surface area contributed by atoms with Crippen LogP contribution in [0.3, 0.4) is 0 Å². The maximum Gasteiger partial charge on any atom is 0.228 e. The molecule has 1 fully saturated rings. The second-order valence-corrected chi connectivity index (χ2v) is 4.79. The molecule has 1 aliphatic heterocycles. The molecule has 0 bridgehead atoms. The van der Waals surface area contributed by atoms with Crippen LogP contribution in [0.25, 0.3) is 0 Å². The number of amides is 2. The number of nitrogens with one attached hydrogen (secondary N) is 1. The van der Waals surface area contributed by atoms with Crippen molar-refractivity contribution in [3.63, 3.8) is 0 Å². The number of carbonyl (C=O) groups excluding carboxylic acids is 2. The zero-order chi connectivity index (χ0) is 13.8. The van der Waals surface area contributed by atoms with Crippen molar-refractivity contribution in [2.45, 2.75) is 19.8 Å². The molecule has 0 aromatic heterocycles. The first-order valence-electron chi connectivity index (χ1n) is 6.54. The van der Waals surface area contributed by atoms with Crippen LogP contribution < -0.4 is 16.0 Å². The number of nitrogens with zero attached hydrogens (tertiary/aromatic N) is 1. The zero-order valence-corrected chi connectivity index (χ0v) is 11.1. The lowest BCUT2D eigenvalue weighted by atomic mass is 10.1. The third-order valence-electron chi connectivity index (χ3n) is 3.33. The summed E-state index contributed by atoms with van der Waals surface area (Å²) < 4.78 is 0. The van der Waals surface area contributed by atoms with Gasteiger partial charge in [-0.2, -0.15) is 0 Å². The number of rotatable bonds is 4. The highest BCUT2D eigenvalue weighted by Gasteiger charge is 2.24. The highest BCUT2D eigenvalue weighted by Crippen LogP contribution is 2.29. The van der Waals surface area contributed by atoms with E-state index in [-0.39, 0.29) is 17.7 Å². The van der Waals surface area contributed by atoms with Crippen LogP contribution in [0.2, 0.25) is 0 Å². The molecule has 5 nitrogen and oxygen atoms in total. The fraction of sp³-hybridized carbons (Fsp3) is 0.429. The molecule has 2 rings (SSSR count). The molecule has 1 saturated heterocycles. The predicted octanol–water partition coefficient (Wildman–Crippen LogP) is 1.35. The van der Waals surface area contributed by atoms with Crippen LogP contribution in [0.4, 0.5) is 11.4 Å². The minimum absolute atomic E-state index is 0.105. The summed E-state index contributed by atoms with van der Waals surface area (Å²) >= 11 is 0. The Morgan fingerprint density at radius 2 is 2.21 bits per heavy atom. The first kappa shape index (κ1) is 13.5. The molecule has 1 heterocycles. The van der Waals surface area contributed by atoms with Gasteiger partial charge in [0.05, 0.1) is 11.4 Å². The monoisotopic (exact) mass is 261 g/mol. The summed E-state index contributed by atoms with van der Waals surface area (Å²) in [6.07, 6.45) is 1.43. The molecule has 1 unspecified atom stereocenters. The standard InChI is InChI=1S/C14H19N3O2/c1-10(9-15)14(19)16-11-5-2-3-6-12(11)17-8-4-7-13(17)18/h2-3,5-6,10H,4,7-9,15H2,1H3,(H,16,19). The molecule has 0 spiro atoms. The van der Waals surface area contributed by atoms with Crippen molar-refractivity contribution in [3.8, 4) is 0 Å². The Bertz CT molecular complexity index is 487. The summed E-state index contributed by atoms with van der Waals surface area (Å²) in [6, 6.07) is 7.36. The van der Waals surface area contributed by atoms with Gasteiger partial charge < -0.3 is 16.0 Å². The number of benzene rings is 1. The lowest BCUT2D eigenvalue weighted by molar-refractivity contribution is -0.119. The molecule has 0 radical (unpaired) electrons. The fourth-order valence-corrected chi connectivity index (χ4v) is 2.08. The Balaban J connectivity index is 2.21. The summed E-state index contributed by atoms with van der Waals surface area (Å²) in [5.74, 6) is -0.266. The highest BCUT2D eigenvalue weighted by molar-refractivity contribution is 6.02. The van der Waals surface area contributed by atoms with Crippen molar-refractivity contribution in [2.75, 3.05) is 23.3 Å². The average molecular weight is 261 g/mol. The second-order valence-electron chi connectivity index (χ2n) is 4.79. The Labute approximate surface area is 112 Å². The van der Waals surface area contributed by atoms with Crippen molar-refractivity contribution in [1.29, 1.82) is 0 Å². The Morgan fingerprint density at radius 1 is 1.47 bits per heavy atom. The van der Waals surface area contributed by atoms with E-state index in [1.807, 2.05) is 24.3 Å². The predicted molar refractivity (Wildman–Crippen MR) is 74.9 cm³/mol. The SMILES string of the molecule is CC(CN)C(=O)Nc1ccccc1N1CCCC1=O. The second kappa shape index (κ2) is 5.84. The van der Waals surface area contributed by atoms with Crippen LogP contribution in [0.15, 0.2) is 24.3 Å². The molecule has 0 aliphatic carbocycles. The molecule has 1 aromatic rings. The lowest BCUT2D eigenvalue weighted by Gasteiger charge is -2.20. The number of hydrogen-bond donors (Lipinski definition) is 2. The molecule has 1 aliphatic rings. The van der Waals surface area contributed by atoms with Crippen LogP contribution >= 0.6 is 0 Å². The van der Waals surface area contributed by atoms with Gasteiger partial charge in [-0.15, -0.1) is 0 Å². The first-order valence-corrected chi connectivity index (χ1v) is 6.54. The van der Waals surface area contributed by atoms with Crippen molar-refractivity contribution in [1.82, 2.24) is 0 Å². The summed E-state index contributed by atoms with van der Waals surface area (Å²) in [5, 5.41) is 2.85. The van der Waals surface area contributed by atoms with Crippen LogP contribution in [-0.2, 0) is 9.59 Å². The molecular formula is C14H19N3O2. The van der Waals surface area contributed by atoms with E-state index in [0.29, 0.717) is 25.2 Å². The van der Waals surface area contributed by atoms with E-state index in [2.05, 4.69) is 5.32 Å². The van der Waals surface area contributed by atoms with Crippen LogP contribution in [0.5, 0.6) is 0 Å². The van der Waals surface area contributed by atoms with E-state index < -0.39 is 0 Å². The topological polar surface area (TPSA) is 75.4 Å². The minimum atomic E-state index is -0.248. The van der Waals surface area contributed by atoms with E-state index in [1.165, 1.54) is 0 Å². The van der Waals surface area contributed by atoms with Gasteiger partial charge in [0.2, 0.25) is 11.8 Å². The van der Waals surface area contributed by atoms with E-state index >= 15 is 0 Å². The number of nitrogens with two attached hydrogens (primary N) is 1. The average Bonchev–Trinajstić information content (AvgIpc) is 2.84. The maximum absolute atomic E-state index is 11.9. The number of para-hydroxylation sites is 2. The first-order chi connectivity index (χ1) is 9.13. The highest BCUT2D eigenvalue weighted by atomic mass is 16.2. The maximum atomic E-state index is 11.9. The summed E-state index contributed by atoms with van der Waals surface area (Å²) in [7, 11) is 0. The van der Waals surface area contributed by atoms with Crippen LogP contribution in [0, 0.1) is 5.92 Å². The van der Waals surface area contributed by atoms with Gasteiger partial charge in [0.25, 0.3) is 0 Å². The zero-order valence-electron chi connectivity index (χ0n) is 11.1. The van der Waals surface area contributed by atoms with Crippen LogP contribution in [0.1, 0.15) is 19.8 Å². The largest absolute Gasteiger partial charge is 0.330 e. The van der Waals surface area contributed by atoms with Gasteiger partial charge in [0.1, 0.15) is 0 Å². The molecule has 1 aromatic carbocycles. The number of anilines is 2. The molecule has 5 heteroatoms. The molecule has 102 valence electrons. The van der Waals surface area contributed by atoms with Crippen LogP contribution in [-0.4, -0.2) is 24.9 Å². The third kappa shape index (κ3) is 2.93. The number of carbonyl (C=O) groups is 2. The van der Waals surface area contributed by atoms with E-state index in [4.69, 9.17) is 5.73 Å². The molecular weight excluding hydrogens is 242 g/mol. The van der Waals surface area contributed by atoms with Crippen molar-refractivity contribution < 1.29 is 9.59 Å². The molecule has 1 atom stereocenters. The van der Waals surface area contributed by atoms with Crippen molar-refractivity contribution in [2.24, 2.45) is 11.7 Å². The summed E-state index contributed by atoms with van der Waals surface area (Å²) in [5.41, 5.74) is 6.92. The van der Waals surface area contributed by atoms with Gasteiger partial charge in [-0.1, -0.05) is 19.1 Å². The Kier molecular flexibility index (Phi) is 4.16. The lowest BCUT2D eigenvalue weighted by Crippen LogP contribution is -2.29. The molecule has 0 saturated carbocycles. The van der Waals surface area contributed by atoms with Crippen molar-refractivity contribution in [3.05, 3.63) is 24.3 Å². The van der Waals surface area contributed by atoms with Crippen molar-refractivity contribution >= 4 is 23.2 Å². The minimum Gasteiger partial charge on any atom is -0.330 e. The summed E-state index contributed by atoms with van der Waals surface area (Å²) in [6.45, 7) is 2.79. The third-order valence-corrected chi connectivity index (χ3v) is 3.33. The van der Waals surface area contributed by atoms with Gasteiger partial charge in [0.15, 0.2) is 0 Å². The van der Waals surface area contributed by atoms with E-state index in [0.717, 1.165) is 12.1 Å². The normalized spacial score (nSPS) is 16.5. The molecule has 19 heavy (non-hydrogen) atoms. The van der Waals surface area contributed by atoms with E-state index in [9.17, 15) is 9.59 Å². The van der Waals surface area contributed by atoms with E-state index in [1.54, 1.807) is 11.8 Å². The van der Waals surface area contributed by atoms with Gasteiger partial charge in [0, 0.05) is 25.4 Å². The van der Waals surface area contributed by atoms with Gasteiger partial charge in [-0.05, 0) is 18.6 Å². The molecule has 3 N–H and O–H groups in total. The quantitative estimate of drug-likeness (QED) is 0.859. The Morgan fingerprint density at radius 3 is 2.84 bits per heavy atom. The van der Waals surface area contributed by atoms with Gasteiger partial charge in [-0.3, -0.25) is 9.59 Å². The van der Waals surface area contributed by atoms with Gasteiger partial charge in [-0.25, -0.2) is 0 Å². The van der Waals surface area contributed by atoms with Gasteiger partial charge >= 0.3 is 0 Å². The summed E-state index contributed by atoms with van der Waals surface area (Å²) in [4.78, 5) is 25.4. The Hall–Kier alpha value is -1.88. The fourth-order valence-electron chi connectivity index (χ4n) is 2.08. The smallest absolute Gasteiger partial charge is 0.228 e. The number of hydrogen-bond acceptors (Lipinski definition) is 3.